The van der Waals surface area contributed by atoms with E-state index in [1.165, 1.54) is 18.6 Å². The second-order valence-corrected chi connectivity index (χ2v) is 9.28. The number of carbonyl (C=O) groups excluding carboxylic acids is 1. The number of hydrogen-bond donors (Lipinski definition) is 2. The highest BCUT2D eigenvalue weighted by Gasteiger charge is 2.31. The van der Waals surface area contributed by atoms with Crippen LogP contribution >= 0.6 is 0 Å². The number of hydrogen-bond acceptors (Lipinski definition) is 4. The summed E-state index contributed by atoms with van der Waals surface area (Å²) >= 11 is 0. The summed E-state index contributed by atoms with van der Waals surface area (Å²) in [6.07, 6.45) is 3.21. The van der Waals surface area contributed by atoms with Crippen molar-refractivity contribution in [3.8, 4) is 0 Å². The van der Waals surface area contributed by atoms with E-state index >= 15 is 0 Å². The molecule has 2 aliphatic rings. The lowest BCUT2D eigenvalue weighted by Crippen LogP contribution is -2.39. The van der Waals surface area contributed by atoms with Gasteiger partial charge in [-0.25, -0.2) is 13.1 Å². The monoisotopic (exact) mass is 399 g/mol. The summed E-state index contributed by atoms with van der Waals surface area (Å²) in [7, 11) is -3.69. The molecular weight excluding hydrogens is 374 g/mol. The van der Waals surface area contributed by atoms with Crippen LogP contribution < -0.4 is 10.0 Å². The van der Waals surface area contributed by atoms with Crippen molar-refractivity contribution in [3.63, 3.8) is 0 Å². The lowest BCUT2D eigenvalue weighted by atomic mass is 10.1. The number of likely N-dealkylation sites (tertiary alicyclic amines) is 1. The average molecular weight is 400 g/mol. The Bertz CT molecular complexity index is 946. The molecule has 6 nitrogen and oxygen atoms in total. The average Bonchev–Trinajstić information content (AvgIpc) is 3.05. The van der Waals surface area contributed by atoms with Crippen LogP contribution in [-0.2, 0) is 16.6 Å². The van der Waals surface area contributed by atoms with Crippen LogP contribution in [0.4, 0.5) is 0 Å². The first kappa shape index (κ1) is 19.1. The van der Waals surface area contributed by atoms with Gasteiger partial charge in [0.15, 0.2) is 0 Å². The third-order valence-corrected chi connectivity index (χ3v) is 6.91. The van der Waals surface area contributed by atoms with Crippen molar-refractivity contribution in [2.75, 3.05) is 13.1 Å². The van der Waals surface area contributed by atoms with Crippen LogP contribution in [0.2, 0.25) is 0 Å². The van der Waals surface area contributed by atoms with Gasteiger partial charge in [0, 0.05) is 37.3 Å². The van der Waals surface area contributed by atoms with E-state index in [9.17, 15) is 13.2 Å². The van der Waals surface area contributed by atoms with Crippen molar-refractivity contribution in [3.05, 3.63) is 65.7 Å². The summed E-state index contributed by atoms with van der Waals surface area (Å²) in [5.74, 6) is -0.102. The van der Waals surface area contributed by atoms with Crippen LogP contribution in [0.1, 0.15) is 35.2 Å². The van der Waals surface area contributed by atoms with Crippen molar-refractivity contribution >= 4 is 15.9 Å². The number of benzene rings is 2. The lowest BCUT2D eigenvalue weighted by Gasteiger charge is -2.24. The minimum absolute atomic E-state index is 0.102. The first-order valence-electron chi connectivity index (χ1n) is 9.70. The second-order valence-electron chi connectivity index (χ2n) is 7.52. The van der Waals surface area contributed by atoms with Gasteiger partial charge >= 0.3 is 0 Å². The third-order valence-electron chi connectivity index (χ3n) is 5.51. The summed E-state index contributed by atoms with van der Waals surface area (Å²) in [5, 5.41) is 3.56. The van der Waals surface area contributed by atoms with Gasteiger partial charge in [-0.2, -0.15) is 0 Å². The molecule has 148 valence electrons. The molecule has 28 heavy (non-hydrogen) atoms. The van der Waals surface area contributed by atoms with Crippen LogP contribution in [0.15, 0.2) is 59.5 Å². The topological polar surface area (TPSA) is 78.5 Å². The summed E-state index contributed by atoms with van der Waals surface area (Å²) in [4.78, 5) is 14.9. The maximum atomic E-state index is 13.0. The van der Waals surface area contributed by atoms with Gasteiger partial charge in [0.05, 0.1) is 4.90 Å². The fraction of sp³-hybridized carbons (Fsp3) is 0.381. The molecule has 2 heterocycles. The maximum absolute atomic E-state index is 13.0. The lowest BCUT2D eigenvalue weighted by molar-refractivity contribution is 0.0748. The first-order chi connectivity index (χ1) is 13.5. The predicted octanol–water partition coefficient (Wildman–Crippen LogP) is 2.13. The summed E-state index contributed by atoms with van der Waals surface area (Å²) in [6, 6.07) is 16.5. The Morgan fingerprint density at radius 1 is 1.04 bits per heavy atom. The minimum atomic E-state index is -3.69. The molecule has 0 aromatic heterocycles. The number of fused-ring (bicyclic) bond motifs is 2. The third kappa shape index (κ3) is 4.27. The number of nitrogens with zero attached hydrogens (tertiary/aromatic N) is 1. The van der Waals surface area contributed by atoms with Gasteiger partial charge < -0.3 is 10.2 Å². The van der Waals surface area contributed by atoms with E-state index in [-0.39, 0.29) is 17.3 Å². The highest BCUT2D eigenvalue weighted by Crippen LogP contribution is 2.22. The van der Waals surface area contributed by atoms with Gasteiger partial charge in [-0.05, 0) is 43.0 Å². The van der Waals surface area contributed by atoms with E-state index in [2.05, 4.69) is 10.0 Å². The highest BCUT2D eigenvalue weighted by molar-refractivity contribution is 7.89. The zero-order valence-corrected chi connectivity index (χ0v) is 16.5. The standard InChI is InChI=1S/C21H25N3O3S/c25-21(24-12-11-18-9-10-19(15-24)23-18)17-7-4-8-20(13-17)28(26,27)22-14-16-5-2-1-3-6-16/h1-8,13,18-19,22-23H,9-12,14-15H2. The molecule has 7 heteroatoms. The summed E-state index contributed by atoms with van der Waals surface area (Å²) in [6.45, 7) is 1.59. The Morgan fingerprint density at radius 2 is 1.82 bits per heavy atom. The van der Waals surface area contributed by atoms with Crippen LogP contribution in [0, 0.1) is 0 Å². The van der Waals surface area contributed by atoms with Crippen LogP contribution in [0.5, 0.6) is 0 Å². The Labute approximate surface area is 166 Å². The molecule has 2 atom stereocenters. The Morgan fingerprint density at radius 3 is 2.64 bits per heavy atom. The Balaban J connectivity index is 1.48. The molecular formula is C21H25N3O3S. The number of amides is 1. The molecule has 2 N–H and O–H groups in total. The first-order valence-corrected chi connectivity index (χ1v) is 11.2. The zero-order valence-electron chi connectivity index (χ0n) is 15.7. The van der Waals surface area contributed by atoms with Crippen molar-refractivity contribution in [2.45, 2.75) is 42.8 Å². The largest absolute Gasteiger partial charge is 0.337 e. The zero-order chi connectivity index (χ0) is 19.6. The van der Waals surface area contributed by atoms with Crippen molar-refractivity contribution in [1.82, 2.24) is 14.9 Å². The molecule has 2 aromatic rings. The number of rotatable bonds is 5. The molecule has 0 radical (unpaired) electrons. The molecule has 2 fully saturated rings. The maximum Gasteiger partial charge on any atom is 0.253 e. The molecule has 0 aliphatic carbocycles. The second kappa shape index (κ2) is 8.03. The smallest absolute Gasteiger partial charge is 0.253 e. The molecule has 1 amide bonds. The van der Waals surface area contributed by atoms with Crippen molar-refractivity contribution < 1.29 is 13.2 Å². The number of carbonyl (C=O) groups is 1. The molecule has 2 bridgehead atoms. The van der Waals surface area contributed by atoms with Crippen molar-refractivity contribution in [2.24, 2.45) is 0 Å². The molecule has 4 rings (SSSR count). The van der Waals surface area contributed by atoms with Gasteiger partial charge in [0.25, 0.3) is 5.91 Å². The van der Waals surface area contributed by atoms with Crippen LogP contribution in [0.3, 0.4) is 0 Å². The number of nitrogens with one attached hydrogen (secondary N) is 2. The van der Waals surface area contributed by atoms with Gasteiger partial charge in [0.2, 0.25) is 10.0 Å². The Kier molecular flexibility index (Phi) is 5.48. The van der Waals surface area contributed by atoms with Gasteiger partial charge in [-0.15, -0.1) is 0 Å². The van der Waals surface area contributed by atoms with E-state index in [0.29, 0.717) is 30.7 Å². The van der Waals surface area contributed by atoms with Crippen molar-refractivity contribution in [1.29, 1.82) is 0 Å². The summed E-state index contributed by atoms with van der Waals surface area (Å²) in [5.41, 5.74) is 1.30. The highest BCUT2D eigenvalue weighted by atomic mass is 32.2. The van der Waals surface area contributed by atoms with E-state index in [4.69, 9.17) is 0 Å². The fourth-order valence-corrected chi connectivity index (χ4v) is 5.03. The van der Waals surface area contributed by atoms with Gasteiger partial charge in [-0.3, -0.25) is 4.79 Å². The van der Waals surface area contributed by atoms with E-state index < -0.39 is 10.0 Å². The molecule has 2 saturated heterocycles. The SMILES string of the molecule is O=C(c1cccc(S(=O)(=O)NCc2ccccc2)c1)N1CCC2CCC(C1)N2. The Hall–Kier alpha value is -2.22. The molecule has 2 unspecified atom stereocenters. The minimum Gasteiger partial charge on any atom is -0.337 e. The van der Waals surface area contributed by atoms with E-state index in [1.54, 1.807) is 12.1 Å². The normalized spacial score (nSPS) is 22.1. The molecule has 0 spiro atoms. The van der Waals surface area contributed by atoms with E-state index in [1.807, 2.05) is 35.2 Å². The predicted molar refractivity (Wildman–Crippen MR) is 107 cm³/mol. The van der Waals surface area contributed by atoms with Gasteiger partial charge in [0.1, 0.15) is 0 Å². The quantitative estimate of drug-likeness (QED) is 0.807. The fourth-order valence-electron chi connectivity index (χ4n) is 3.96. The molecule has 2 aliphatic heterocycles. The van der Waals surface area contributed by atoms with E-state index in [0.717, 1.165) is 18.4 Å². The van der Waals surface area contributed by atoms with Crippen LogP contribution in [0.25, 0.3) is 0 Å². The number of sulfonamides is 1. The summed E-state index contributed by atoms with van der Waals surface area (Å²) < 4.78 is 27.9. The molecule has 0 saturated carbocycles. The van der Waals surface area contributed by atoms with Gasteiger partial charge in [-0.1, -0.05) is 36.4 Å². The van der Waals surface area contributed by atoms with Crippen LogP contribution in [-0.4, -0.2) is 44.4 Å². The molecule has 2 aromatic carbocycles.